The highest BCUT2D eigenvalue weighted by Gasteiger charge is 2.36. The summed E-state index contributed by atoms with van der Waals surface area (Å²) < 4.78 is 12.0. The van der Waals surface area contributed by atoms with Gasteiger partial charge in [-0.3, -0.25) is 19.2 Å². The maximum absolute atomic E-state index is 14.3. The number of nitrogens with zero attached hydrogens (tertiary/aromatic N) is 1. The Balaban J connectivity index is 1.72. The fourth-order valence-corrected chi connectivity index (χ4v) is 7.11. The van der Waals surface area contributed by atoms with Gasteiger partial charge in [0.2, 0.25) is 17.7 Å². The van der Waals surface area contributed by atoms with Gasteiger partial charge in [-0.2, -0.15) is 0 Å². The summed E-state index contributed by atoms with van der Waals surface area (Å²) in [4.78, 5) is 68.9. The van der Waals surface area contributed by atoms with Crippen LogP contribution < -0.4 is 36.9 Å². The molecule has 0 unspecified atom stereocenters. The van der Waals surface area contributed by atoms with Crippen molar-refractivity contribution < 1.29 is 43.7 Å². The number of rotatable bonds is 19. The first kappa shape index (κ1) is 46.2. The molecule has 0 fully saturated rings. The normalized spacial score (nSPS) is 17.2. The van der Waals surface area contributed by atoms with Crippen molar-refractivity contribution in [1.29, 1.82) is 0 Å². The molecule has 4 amide bonds. The maximum Gasteiger partial charge on any atom is 0.326 e. The molecule has 0 radical (unpaired) electrons. The van der Waals surface area contributed by atoms with E-state index in [1.54, 1.807) is 42.5 Å². The van der Waals surface area contributed by atoms with Crippen LogP contribution in [0.1, 0.15) is 91.0 Å². The first-order valence-corrected chi connectivity index (χ1v) is 20.4. The zero-order valence-corrected chi connectivity index (χ0v) is 34.6. The van der Waals surface area contributed by atoms with Gasteiger partial charge in [0.15, 0.2) is 0 Å². The Morgan fingerprint density at radius 3 is 2.15 bits per heavy atom. The second-order valence-electron chi connectivity index (χ2n) is 14.9. The summed E-state index contributed by atoms with van der Waals surface area (Å²) in [6, 6.07) is 10.00. The minimum Gasteiger partial charge on any atom is -0.492 e. The predicted molar refractivity (Wildman–Crippen MR) is 224 cm³/mol. The highest BCUT2D eigenvalue weighted by atomic mass is 16.5. The van der Waals surface area contributed by atoms with E-state index in [-0.39, 0.29) is 38.3 Å². The number of aliphatic carboxylic acids is 1. The van der Waals surface area contributed by atoms with Crippen LogP contribution in [0.5, 0.6) is 11.5 Å². The van der Waals surface area contributed by atoms with Crippen LogP contribution in [0.3, 0.4) is 0 Å². The van der Waals surface area contributed by atoms with Gasteiger partial charge < -0.3 is 52.0 Å². The molecular formula is C44H60N6O9. The highest BCUT2D eigenvalue weighted by molar-refractivity contribution is 6.00. The lowest BCUT2D eigenvalue weighted by Gasteiger charge is -2.32. The number of aliphatic hydroxyl groups excluding tert-OH is 1. The Morgan fingerprint density at radius 1 is 0.881 bits per heavy atom. The highest BCUT2D eigenvalue weighted by Crippen LogP contribution is 2.40. The topological polar surface area (TPSA) is 236 Å². The third-order valence-electron chi connectivity index (χ3n) is 10.3. The van der Waals surface area contributed by atoms with E-state index >= 15 is 0 Å². The van der Waals surface area contributed by atoms with Gasteiger partial charge in [0.1, 0.15) is 48.9 Å². The van der Waals surface area contributed by atoms with E-state index in [0.29, 0.717) is 33.8 Å². The molecule has 1 heterocycles. The monoisotopic (exact) mass is 816 g/mol. The Hall–Kier alpha value is -5.51. The Morgan fingerprint density at radius 2 is 1.53 bits per heavy atom. The number of carbonyl (C=O) groups excluding carboxylic acids is 4. The van der Waals surface area contributed by atoms with Crippen LogP contribution in [-0.4, -0.2) is 103 Å². The lowest BCUT2D eigenvalue weighted by Crippen LogP contribution is -2.55. The van der Waals surface area contributed by atoms with Gasteiger partial charge in [0, 0.05) is 43.2 Å². The number of amides is 4. The number of carboxylic acid groups (broad SMARTS) is 1. The molecule has 0 aliphatic carbocycles. The van der Waals surface area contributed by atoms with E-state index in [9.17, 15) is 34.2 Å². The summed E-state index contributed by atoms with van der Waals surface area (Å²) >= 11 is 0. The molecule has 3 aromatic rings. The number of fused-ring (bicyclic) bond motifs is 5. The van der Waals surface area contributed by atoms with E-state index in [1.807, 2.05) is 19.1 Å². The average Bonchev–Trinajstić information content (AvgIpc) is 3.21. The number of benzene rings is 3. The zero-order chi connectivity index (χ0) is 43.1. The molecule has 0 aromatic heterocycles. The minimum atomic E-state index is -1.45. The number of aryl methyl sites for hydroxylation is 2. The molecule has 59 heavy (non-hydrogen) atoms. The molecule has 0 saturated carbocycles. The SMILES string of the molecule is CCCCCCCCc1ccc(C(=O)N[C@@H](CO)C(=O)N(C)[C@@H]2C(=O)N[C@@H](C)C(=O)N[C@H](C(=O)O)Cc3ccc(OCCN)c(c3)-c3cc2ccc3OCCN)c(C)c1. The van der Waals surface area contributed by atoms with Gasteiger partial charge >= 0.3 is 5.97 Å². The fraction of sp³-hybridized carbons (Fsp3) is 0.477. The molecule has 4 rings (SSSR count). The Bertz CT molecular complexity index is 1940. The molecule has 4 atom stereocenters. The standard InChI is InChI=1S/C44H60N6O9/c1-5-6-7-8-9-10-11-29-12-15-32(27(2)22-29)41(53)49-36(26-51)43(55)50(4)39-31-14-17-38(59-21-19-46)34(25-31)33-23-30(13-16-37(33)58-20-18-45)24-35(44(56)57)48-40(52)28(3)47-42(39)54/h12-17,22-23,25,28,35-36,39,51H,5-11,18-21,24,26,45-46H2,1-4H3,(H,47,54)(H,48,52)(H,49,53)(H,56,57)/t28-,35-,36-,39-/m0/s1. The van der Waals surface area contributed by atoms with Gasteiger partial charge in [-0.25, -0.2) is 4.79 Å². The van der Waals surface area contributed by atoms with Crippen LogP contribution in [-0.2, 0) is 32.0 Å². The lowest BCUT2D eigenvalue weighted by molar-refractivity contribution is -0.143. The quantitative estimate of drug-likeness (QED) is 0.0869. The molecule has 320 valence electrons. The molecule has 0 spiro atoms. The van der Waals surface area contributed by atoms with E-state index in [1.165, 1.54) is 39.7 Å². The fourth-order valence-electron chi connectivity index (χ4n) is 7.11. The molecule has 0 saturated heterocycles. The van der Waals surface area contributed by atoms with Crippen molar-refractivity contribution in [2.24, 2.45) is 11.5 Å². The van der Waals surface area contributed by atoms with E-state index in [2.05, 4.69) is 22.9 Å². The molecular weight excluding hydrogens is 757 g/mol. The van der Waals surface area contributed by atoms with Crippen molar-refractivity contribution in [2.45, 2.75) is 96.3 Å². The van der Waals surface area contributed by atoms with Crippen molar-refractivity contribution in [1.82, 2.24) is 20.9 Å². The number of likely N-dealkylation sites (N-methyl/N-ethyl adjacent to an activating group) is 1. The molecule has 1 aliphatic rings. The Kier molecular flexibility index (Phi) is 17.7. The second-order valence-corrected chi connectivity index (χ2v) is 14.9. The number of unbranched alkanes of at least 4 members (excludes halogenated alkanes) is 5. The molecule has 9 N–H and O–H groups in total. The summed E-state index contributed by atoms with van der Waals surface area (Å²) in [6.45, 7) is 5.30. The molecule has 3 aromatic carbocycles. The number of hydrogen-bond donors (Lipinski definition) is 7. The minimum absolute atomic E-state index is 0.0956. The number of nitrogens with two attached hydrogens (primary N) is 2. The first-order chi connectivity index (χ1) is 28.3. The van der Waals surface area contributed by atoms with Crippen LogP contribution in [0.25, 0.3) is 11.1 Å². The number of carboxylic acids is 1. The van der Waals surface area contributed by atoms with Crippen molar-refractivity contribution >= 4 is 29.6 Å². The van der Waals surface area contributed by atoms with Crippen molar-refractivity contribution in [3.05, 3.63) is 82.4 Å². The van der Waals surface area contributed by atoms with E-state index < -0.39 is 60.4 Å². The number of ether oxygens (including phenoxy) is 2. The van der Waals surface area contributed by atoms with Gasteiger partial charge in [-0.1, -0.05) is 63.3 Å². The predicted octanol–water partition coefficient (Wildman–Crippen LogP) is 3.16. The lowest BCUT2D eigenvalue weighted by atomic mass is 9.93. The number of hydrogen-bond acceptors (Lipinski definition) is 10. The zero-order valence-electron chi connectivity index (χ0n) is 34.6. The summed E-state index contributed by atoms with van der Waals surface area (Å²) in [5.74, 6) is -3.47. The summed E-state index contributed by atoms with van der Waals surface area (Å²) in [7, 11) is 1.35. The van der Waals surface area contributed by atoms with Gasteiger partial charge in [-0.05, 0) is 79.3 Å². The second kappa shape index (κ2) is 22.6. The van der Waals surface area contributed by atoms with Gasteiger partial charge in [-0.15, -0.1) is 0 Å². The molecule has 15 nitrogen and oxygen atoms in total. The third-order valence-corrected chi connectivity index (χ3v) is 10.3. The largest absolute Gasteiger partial charge is 0.492 e. The van der Waals surface area contributed by atoms with Crippen LogP contribution in [0.15, 0.2) is 54.6 Å². The van der Waals surface area contributed by atoms with Crippen LogP contribution in [0, 0.1) is 6.92 Å². The van der Waals surface area contributed by atoms with Gasteiger partial charge in [0.05, 0.1) is 6.61 Å². The van der Waals surface area contributed by atoms with Crippen molar-refractivity contribution in [2.75, 3.05) is 40.0 Å². The summed E-state index contributed by atoms with van der Waals surface area (Å²) in [5, 5.41) is 28.3. The van der Waals surface area contributed by atoms with Gasteiger partial charge in [0.25, 0.3) is 5.91 Å². The molecule has 1 aliphatic heterocycles. The first-order valence-electron chi connectivity index (χ1n) is 20.4. The summed E-state index contributed by atoms with van der Waals surface area (Å²) in [5.41, 5.74) is 15.4. The molecule has 15 heteroatoms. The summed E-state index contributed by atoms with van der Waals surface area (Å²) in [6.07, 6.45) is 7.81. The van der Waals surface area contributed by atoms with Crippen molar-refractivity contribution in [3.63, 3.8) is 0 Å². The van der Waals surface area contributed by atoms with Crippen molar-refractivity contribution in [3.8, 4) is 22.6 Å². The number of aliphatic hydroxyl groups is 1. The van der Waals surface area contributed by atoms with Crippen LogP contribution in [0.2, 0.25) is 0 Å². The smallest absolute Gasteiger partial charge is 0.326 e. The van der Waals surface area contributed by atoms with E-state index in [0.717, 1.165) is 35.3 Å². The average molecular weight is 817 g/mol. The maximum atomic E-state index is 14.3. The third kappa shape index (κ3) is 12.5. The van der Waals surface area contributed by atoms with E-state index in [4.69, 9.17) is 20.9 Å². The number of carbonyl (C=O) groups is 5. The molecule has 4 bridgehead atoms. The number of nitrogens with one attached hydrogen (secondary N) is 3. The Labute approximate surface area is 346 Å². The van der Waals surface area contributed by atoms with Crippen LogP contribution >= 0.6 is 0 Å². The van der Waals surface area contributed by atoms with Crippen LogP contribution in [0.4, 0.5) is 0 Å².